The van der Waals surface area contributed by atoms with E-state index in [-0.39, 0.29) is 0 Å². The fourth-order valence-electron chi connectivity index (χ4n) is 2.16. The highest BCUT2D eigenvalue weighted by molar-refractivity contribution is 5.22. The average molecular weight is 262 g/mol. The molecule has 0 saturated heterocycles. The maximum Gasteiger partial charge on any atom is 0.0236 e. The van der Waals surface area contributed by atoms with Crippen molar-refractivity contribution in [3.05, 3.63) is 35.4 Å². The van der Waals surface area contributed by atoms with Crippen molar-refractivity contribution in [3.63, 3.8) is 0 Å². The van der Waals surface area contributed by atoms with Crippen molar-refractivity contribution in [2.24, 2.45) is 0 Å². The predicted octanol–water partition coefficient (Wildman–Crippen LogP) is 3.81. The monoisotopic (exact) mass is 262 g/mol. The Labute approximate surface area is 119 Å². The fraction of sp³-hybridized carbons (Fsp3) is 0.647. The van der Waals surface area contributed by atoms with Gasteiger partial charge in [-0.2, -0.15) is 0 Å². The molecule has 0 heterocycles. The first-order valence-electron chi connectivity index (χ1n) is 7.62. The molecular weight excluding hydrogens is 232 g/mol. The lowest BCUT2D eigenvalue weighted by Gasteiger charge is -2.27. The lowest BCUT2D eigenvalue weighted by Crippen LogP contribution is -2.31. The first-order chi connectivity index (χ1) is 9.06. The van der Waals surface area contributed by atoms with Gasteiger partial charge in [0.05, 0.1) is 0 Å². The third-order valence-electron chi connectivity index (χ3n) is 3.74. The van der Waals surface area contributed by atoms with Crippen molar-refractivity contribution in [2.45, 2.75) is 66.2 Å². The van der Waals surface area contributed by atoms with E-state index in [2.05, 4.69) is 69.1 Å². The molecule has 0 saturated carbocycles. The second-order valence-electron chi connectivity index (χ2n) is 5.67. The number of hydrogen-bond acceptors (Lipinski definition) is 2. The third-order valence-corrected chi connectivity index (χ3v) is 3.74. The minimum atomic E-state index is 0.542. The molecule has 1 atom stereocenters. The second-order valence-corrected chi connectivity index (χ2v) is 5.67. The molecule has 0 amide bonds. The first-order valence-corrected chi connectivity index (χ1v) is 7.62. The zero-order valence-corrected chi connectivity index (χ0v) is 13.2. The lowest BCUT2D eigenvalue weighted by molar-refractivity contribution is 0.206. The quantitative estimate of drug-likeness (QED) is 0.766. The van der Waals surface area contributed by atoms with Gasteiger partial charge in [0.25, 0.3) is 0 Å². The molecule has 0 spiro atoms. The average Bonchev–Trinajstić information content (AvgIpc) is 2.42. The summed E-state index contributed by atoms with van der Waals surface area (Å²) in [7, 11) is 0. The van der Waals surface area contributed by atoms with Crippen LogP contribution in [0.5, 0.6) is 0 Å². The topological polar surface area (TPSA) is 15.3 Å². The van der Waals surface area contributed by atoms with Gasteiger partial charge in [-0.3, -0.25) is 4.90 Å². The van der Waals surface area contributed by atoms with Gasteiger partial charge in [0.2, 0.25) is 0 Å². The summed E-state index contributed by atoms with van der Waals surface area (Å²) in [6, 6.07) is 10.2. The Balaban J connectivity index is 2.55. The summed E-state index contributed by atoms with van der Waals surface area (Å²) in [5.41, 5.74) is 2.78. The molecule has 2 heteroatoms. The SMILES string of the molecule is CCC(C)N(CC)Cc1ccc(CNC(C)C)cc1. The predicted molar refractivity (Wildman–Crippen MR) is 84.3 cm³/mol. The Morgan fingerprint density at radius 3 is 2.05 bits per heavy atom. The standard InChI is InChI=1S/C17H30N2/c1-6-15(5)19(7-2)13-17-10-8-16(9-11-17)12-18-14(3)4/h8-11,14-15,18H,6-7,12-13H2,1-5H3. The Hall–Kier alpha value is -0.860. The van der Waals surface area contributed by atoms with E-state index in [4.69, 9.17) is 0 Å². The van der Waals surface area contributed by atoms with E-state index in [1.54, 1.807) is 0 Å². The highest BCUT2D eigenvalue weighted by Gasteiger charge is 2.10. The first kappa shape index (κ1) is 16.2. The molecule has 1 aromatic carbocycles. The molecule has 0 bridgehead atoms. The van der Waals surface area contributed by atoms with Gasteiger partial charge in [0.15, 0.2) is 0 Å². The van der Waals surface area contributed by atoms with Gasteiger partial charge < -0.3 is 5.32 Å². The summed E-state index contributed by atoms with van der Waals surface area (Å²) >= 11 is 0. The minimum absolute atomic E-state index is 0.542. The molecule has 1 N–H and O–H groups in total. The van der Waals surface area contributed by atoms with Crippen LogP contribution in [-0.2, 0) is 13.1 Å². The van der Waals surface area contributed by atoms with E-state index < -0.39 is 0 Å². The van der Waals surface area contributed by atoms with Crippen molar-refractivity contribution in [2.75, 3.05) is 6.54 Å². The van der Waals surface area contributed by atoms with Gasteiger partial charge in [-0.05, 0) is 31.0 Å². The van der Waals surface area contributed by atoms with Crippen LogP contribution in [0, 0.1) is 0 Å². The molecule has 1 unspecified atom stereocenters. The summed E-state index contributed by atoms with van der Waals surface area (Å²) < 4.78 is 0. The van der Waals surface area contributed by atoms with Crippen LogP contribution in [0.15, 0.2) is 24.3 Å². The van der Waals surface area contributed by atoms with Crippen LogP contribution in [0.3, 0.4) is 0 Å². The zero-order chi connectivity index (χ0) is 14.3. The Kier molecular flexibility index (Phi) is 7.11. The van der Waals surface area contributed by atoms with Crippen LogP contribution in [0.2, 0.25) is 0 Å². The zero-order valence-electron chi connectivity index (χ0n) is 13.2. The van der Waals surface area contributed by atoms with Crippen LogP contribution in [-0.4, -0.2) is 23.5 Å². The normalized spacial score (nSPS) is 13.2. The molecule has 108 valence electrons. The summed E-state index contributed by atoms with van der Waals surface area (Å²) in [5, 5.41) is 3.45. The summed E-state index contributed by atoms with van der Waals surface area (Å²) in [5.74, 6) is 0. The van der Waals surface area contributed by atoms with Gasteiger partial charge in [0.1, 0.15) is 0 Å². The van der Waals surface area contributed by atoms with Crippen molar-refractivity contribution in [3.8, 4) is 0 Å². The molecule has 0 aromatic heterocycles. The number of hydrogen-bond donors (Lipinski definition) is 1. The van der Waals surface area contributed by atoms with Crippen molar-refractivity contribution in [1.82, 2.24) is 10.2 Å². The van der Waals surface area contributed by atoms with E-state index in [0.29, 0.717) is 12.1 Å². The van der Waals surface area contributed by atoms with Crippen LogP contribution in [0.1, 0.15) is 52.2 Å². The van der Waals surface area contributed by atoms with Crippen molar-refractivity contribution < 1.29 is 0 Å². The maximum absolute atomic E-state index is 3.45. The number of nitrogens with one attached hydrogen (secondary N) is 1. The van der Waals surface area contributed by atoms with Crippen LogP contribution in [0.25, 0.3) is 0 Å². The number of rotatable bonds is 8. The third kappa shape index (κ3) is 5.75. The Bertz CT molecular complexity index is 343. The maximum atomic E-state index is 3.45. The van der Waals surface area contributed by atoms with E-state index >= 15 is 0 Å². The van der Waals surface area contributed by atoms with Crippen LogP contribution in [0.4, 0.5) is 0 Å². The van der Waals surface area contributed by atoms with E-state index in [1.807, 2.05) is 0 Å². The fourth-order valence-corrected chi connectivity index (χ4v) is 2.16. The molecule has 0 aliphatic carbocycles. The van der Waals surface area contributed by atoms with Crippen molar-refractivity contribution in [1.29, 1.82) is 0 Å². The molecule has 0 aliphatic heterocycles. The summed E-state index contributed by atoms with van der Waals surface area (Å²) in [6.07, 6.45) is 1.21. The molecular formula is C17H30N2. The van der Waals surface area contributed by atoms with Crippen molar-refractivity contribution >= 4 is 0 Å². The smallest absolute Gasteiger partial charge is 0.0236 e. The molecule has 2 nitrogen and oxygen atoms in total. The molecule has 1 rings (SSSR count). The van der Waals surface area contributed by atoms with E-state index in [0.717, 1.165) is 19.6 Å². The highest BCUT2D eigenvalue weighted by atomic mass is 15.1. The van der Waals surface area contributed by atoms with Gasteiger partial charge in [-0.15, -0.1) is 0 Å². The van der Waals surface area contributed by atoms with E-state index in [9.17, 15) is 0 Å². The van der Waals surface area contributed by atoms with Gasteiger partial charge >= 0.3 is 0 Å². The molecule has 0 fully saturated rings. The highest BCUT2D eigenvalue weighted by Crippen LogP contribution is 2.11. The molecule has 1 aromatic rings. The molecule has 0 aliphatic rings. The lowest BCUT2D eigenvalue weighted by atomic mass is 10.1. The molecule has 19 heavy (non-hydrogen) atoms. The molecule has 0 radical (unpaired) electrons. The second kappa shape index (κ2) is 8.34. The van der Waals surface area contributed by atoms with Crippen LogP contribution < -0.4 is 5.32 Å². The largest absolute Gasteiger partial charge is 0.310 e. The van der Waals surface area contributed by atoms with E-state index in [1.165, 1.54) is 17.5 Å². The summed E-state index contributed by atoms with van der Waals surface area (Å²) in [4.78, 5) is 2.53. The Morgan fingerprint density at radius 1 is 1.00 bits per heavy atom. The number of benzene rings is 1. The van der Waals surface area contributed by atoms with Gasteiger partial charge in [0, 0.05) is 25.2 Å². The number of nitrogens with zero attached hydrogens (tertiary/aromatic N) is 1. The van der Waals surface area contributed by atoms with Gasteiger partial charge in [-0.25, -0.2) is 0 Å². The Morgan fingerprint density at radius 2 is 1.58 bits per heavy atom. The van der Waals surface area contributed by atoms with Crippen LogP contribution >= 0.6 is 0 Å². The summed E-state index contributed by atoms with van der Waals surface area (Å²) in [6.45, 7) is 14.3. The van der Waals surface area contributed by atoms with Gasteiger partial charge in [-0.1, -0.05) is 52.0 Å². The minimum Gasteiger partial charge on any atom is -0.310 e.